The van der Waals surface area contributed by atoms with Gasteiger partial charge in [0.15, 0.2) is 11.5 Å². The molecule has 0 bridgehead atoms. The Kier molecular flexibility index (Phi) is 2.80. The molecule has 7 heteroatoms. The summed E-state index contributed by atoms with van der Waals surface area (Å²) in [6.07, 6.45) is 1.35. The molecule has 3 rings (SSSR count). The Hall–Kier alpha value is -2.67. The number of rotatable bonds is 1. The van der Waals surface area contributed by atoms with Gasteiger partial charge in [-0.15, -0.1) is 0 Å². The lowest BCUT2D eigenvalue weighted by atomic mass is 10.1. The highest BCUT2D eigenvalue weighted by molar-refractivity contribution is 8.02. The van der Waals surface area contributed by atoms with E-state index in [1.54, 1.807) is 0 Å². The fourth-order valence-corrected chi connectivity index (χ4v) is 3.43. The van der Waals surface area contributed by atoms with Crippen molar-refractivity contribution >= 4 is 26.7 Å². The molecule has 0 saturated heterocycles. The smallest absolute Gasteiger partial charge is 0.262 e. The molecule has 0 aliphatic carbocycles. The van der Waals surface area contributed by atoms with Crippen molar-refractivity contribution < 1.29 is 23.7 Å². The van der Waals surface area contributed by atoms with Crippen molar-refractivity contribution in [3.8, 4) is 17.2 Å². The van der Waals surface area contributed by atoms with Gasteiger partial charge in [-0.2, -0.15) is 0 Å². The fourth-order valence-electron chi connectivity index (χ4n) is 2.11. The maximum atomic E-state index is 12.1. The van der Waals surface area contributed by atoms with Gasteiger partial charge in [0, 0.05) is 5.56 Å². The molecular weight excluding hydrogens is 294 g/mol. The second kappa shape index (κ2) is 4.42. The van der Waals surface area contributed by atoms with Gasteiger partial charge in [-0.05, 0) is 42.0 Å². The number of hydrogen-bond acceptors (Lipinski definition) is 5. The van der Waals surface area contributed by atoms with Crippen molar-refractivity contribution in [2.24, 2.45) is 0 Å². The van der Waals surface area contributed by atoms with Gasteiger partial charge >= 0.3 is 0 Å². The molecule has 1 heterocycles. The number of anilines is 1. The fraction of sp³-hybridized carbons (Fsp3) is 0. The molecule has 2 aromatic carbocycles. The van der Waals surface area contributed by atoms with Crippen molar-refractivity contribution in [2.45, 2.75) is 0 Å². The summed E-state index contributed by atoms with van der Waals surface area (Å²) in [5.74, 6) is -0.682. The lowest BCUT2D eigenvalue weighted by molar-refractivity contribution is 0.403. The standard InChI is InChI=1S/C14H11NO5S/c16-9-2-3-11-10(7-9)14(21(19,20)15-11)6-8-1-4-12(17)13(18)5-8/h1-7,15-18H. The molecule has 0 radical (unpaired) electrons. The van der Waals surface area contributed by atoms with Crippen LogP contribution in [0.1, 0.15) is 11.1 Å². The van der Waals surface area contributed by atoms with Crippen LogP contribution in [0.2, 0.25) is 0 Å². The van der Waals surface area contributed by atoms with Crippen LogP contribution in [-0.4, -0.2) is 23.7 Å². The van der Waals surface area contributed by atoms with Crippen LogP contribution < -0.4 is 4.72 Å². The third kappa shape index (κ3) is 2.27. The molecule has 0 amide bonds. The van der Waals surface area contributed by atoms with Crippen LogP contribution in [0.4, 0.5) is 5.69 Å². The first-order chi connectivity index (χ1) is 9.87. The molecule has 0 aromatic heterocycles. The van der Waals surface area contributed by atoms with Gasteiger partial charge in [0.1, 0.15) is 5.75 Å². The lowest BCUT2D eigenvalue weighted by Gasteiger charge is -2.02. The van der Waals surface area contributed by atoms with Crippen LogP contribution in [0.5, 0.6) is 17.2 Å². The topological polar surface area (TPSA) is 107 Å². The Bertz CT molecular complexity index is 871. The molecule has 1 aliphatic rings. The Morgan fingerprint density at radius 3 is 2.43 bits per heavy atom. The molecule has 2 aromatic rings. The van der Waals surface area contributed by atoms with Crippen LogP contribution in [-0.2, 0) is 10.0 Å². The van der Waals surface area contributed by atoms with Crippen molar-refractivity contribution in [2.75, 3.05) is 4.72 Å². The molecular formula is C14H11NO5S. The normalized spacial score (nSPS) is 17.4. The monoisotopic (exact) mass is 305 g/mol. The zero-order valence-corrected chi connectivity index (χ0v) is 11.4. The highest BCUT2D eigenvalue weighted by atomic mass is 32.2. The number of sulfonamides is 1. The molecule has 4 N–H and O–H groups in total. The molecule has 0 saturated carbocycles. The van der Waals surface area contributed by atoms with Crippen LogP contribution in [0.3, 0.4) is 0 Å². The Morgan fingerprint density at radius 1 is 0.952 bits per heavy atom. The van der Waals surface area contributed by atoms with Crippen LogP contribution in [0.25, 0.3) is 11.0 Å². The Morgan fingerprint density at radius 2 is 1.71 bits per heavy atom. The van der Waals surface area contributed by atoms with Gasteiger partial charge in [0.2, 0.25) is 0 Å². The summed E-state index contributed by atoms with van der Waals surface area (Å²) < 4.78 is 26.6. The average Bonchev–Trinajstić information content (AvgIpc) is 2.65. The van der Waals surface area contributed by atoms with Gasteiger partial charge in [0.05, 0.1) is 10.6 Å². The first-order valence-corrected chi connectivity index (χ1v) is 7.45. The minimum atomic E-state index is -3.73. The Balaban J connectivity index is 2.18. The van der Waals surface area contributed by atoms with E-state index in [-0.39, 0.29) is 22.2 Å². The van der Waals surface area contributed by atoms with E-state index in [9.17, 15) is 23.7 Å². The second-order valence-electron chi connectivity index (χ2n) is 4.59. The zero-order valence-electron chi connectivity index (χ0n) is 10.6. The molecule has 108 valence electrons. The van der Waals surface area contributed by atoms with E-state index in [2.05, 4.69) is 4.72 Å². The zero-order chi connectivity index (χ0) is 15.2. The SMILES string of the molecule is O=S1(=O)Nc2ccc(O)cc2C1=Cc1ccc(O)c(O)c1. The maximum absolute atomic E-state index is 12.1. The quantitative estimate of drug-likeness (QED) is 0.476. The maximum Gasteiger partial charge on any atom is 0.262 e. The summed E-state index contributed by atoms with van der Waals surface area (Å²) >= 11 is 0. The first kappa shape index (κ1) is 13.3. The van der Waals surface area contributed by atoms with E-state index >= 15 is 0 Å². The minimum absolute atomic E-state index is 0.0153. The van der Waals surface area contributed by atoms with E-state index in [0.29, 0.717) is 16.8 Å². The predicted octanol–water partition coefficient (Wildman–Crippen LogP) is 2.06. The molecule has 21 heavy (non-hydrogen) atoms. The number of fused-ring (bicyclic) bond motifs is 1. The second-order valence-corrected chi connectivity index (χ2v) is 6.24. The first-order valence-electron chi connectivity index (χ1n) is 5.97. The number of hydrogen-bond donors (Lipinski definition) is 4. The minimum Gasteiger partial charge on any atom is -0.508 e. The summed E-state index contributed by atoms with van der Waals surface area (Å²) in [6, 6.07) is 8.18. The summed E-state index contributed by atoms with van der Waals surface area (Å²) in [7, 11) is -3.73. The molecule has 0 atom stereocenters. The number of phenols is 3. The van der Waals surface area contributed by atoms with Gasteiger partial charge in [-0.25, -0.2) is 8.42 Å². The van der Waals surface area contributed by atoms with Crippen molar-refractivity contribution in [3.63, 3.8) is 0 Å². The third-order valence-corrected chi connectivity index (χ3v) is 4.51. The summed E-state index contributed by atoms with van der Waals surface area (Å²) in [5.41, 5.74) is 1.13. The summed E-state index contributed by atoms with van der Waals surface area (Å²) in [5, 5.41) is 28.2. The van der Waals surface area contributed by atoms with Crippen molar-refractivity contribution in [1.29, 1.82) is 0 Å². The van der Waals surface area contributed by atoms with Gasteiger partial charge in [-0.1, -0.05) is 6.07 Å². The number of nitrogens with one attached hydrogen (secondary N) is 1. The van der Waals surface area contributed by atoms with E-state index in [0.717, 1.165) is 0 Å². The highest BCUT2D eigenvalue weighted by Crippen LogP contribution is 2.40. The van der Waals surface area contributed by atoms with E-state index < -0.39 is 10.0 Å². The molecule has 0 spiro atoms. The molecule has 0 unspecified atom stereocenters. The van der Waals surface area contributed by atoms with Gasteiger partial charge in [-0.3, -0.25) is 4.72 Å². The van der Waals surface area contributed by atoms with E-state index in [4.69, 9.17) is 0 Å². The molecule has 1 aliphatic heterocycles. The van der Waals surface area contributed by atoms with Crippen LogP contribution in [0, 0.1) is 0 Å². The lowest BCUT2D eigenvalue weighted by Crippen LogP contribution is -2.05. The Labute approximate surface area is 120 Å². The van der Waals surface area contributed by atoms with Crippen molar-refractivity contribution in [1.82, 2.24) is 0 Å². The van der Waals surface area contributed by atoms with Crippen LogP contribution in [0.15, 0.2) is 36.4 Å². The number of benzene rings is 2. The molecule has 6 nitrogen and oxygen atoms in total. The van der Waals surface area contributed by atoms with E-state index in [1.165, 1.54) is 42.5 Å². The van der Waals surface area contributed by atoms with E-state index in [1.807, 2.05) is 0 Å². The third-order valence-electron chi connectivity index (χ3n) is 3.10. The average molecular weight is 305 g/mol. The van der Waals surface area contributed by atoms with Crippen molar-refractivity contribution in [3.05, 3.63) is 47.5 Å². The summed E-state index contributed by atoms with van der Waals surface area (Å²) in [6.45, 7) is 0. The van der Waals surface area contributed by atoms with Gasteiger partial charge in [0.25, 0.3) is 10.0 Å². The van der Waals surface area contributed by atoms with Crippen LogP contribution >= 0.6 is 0 Å². The predicted molar refractivity (Wildman–Crippen MR) is 78.3 cm³/mol. The number of aromatic hydroxyl groups is 3. The molecule has 0 fully saturated rings. The number of phenolic OH excluding ortho intramolecular Hbond substituents is 3. The largest absolute Gasteiger partial charge is 0.508 e. The van der Waals surface area contributed by atoms with Gasteiger partial charge < -0.3 is 15.3 Å². The highest BCUT2D eigenvalue weighted by Gasteiger charge is 2.30. The summed E-state index contributed by atoms with van der Waals surface area (Å²) in [4.78, 5) is -0.0153.